The number of carbonyl (C=O) groups excluding carboxylic acids is 1. The third-order valence-electron chi connectivity index (χ3n) is 4.42. The lowest BCUT2D eigenvalue weighted by molar-refractivity contribution is -0.114. The van der Waals surface area contributed by atoms with Crippen LogP contribution in [0.15, 0.2) is 70.9 Å². The van der Waals surface area contributed by atoms with Gasteiger partial charge in [-0.3, -0.25) is 10.2 Å². The molecule has 0 saturated carbocycles. The lowest BCUT2D eigenvalue weighted by Gasteiger charge is -2.23. The molecular formula is C22H19N3O4. The highest BCUT2D eigenvalue weighted by Crippen LogP contribution is 2.31. The zero-order valence-electron chi connectivity index (χ0n) is 16.0. The molecule has 2 aliphatic heterocycles. The highest BCUT2D eigenvalue weighted by Gasteiger charge is 2.34. The molecule has 0 unspecified atom stereocenters. The number of rotatable bonds is 5. The minimum Gasteiger partial charge on any atom is -0.493 e. The Balaban J connectivity index is 1.56. The van der Waals surface area contributed by atoms with Crippen LogP contribution >= 0.6 is 0 Å². The van der Waals surface area contributed by atoms with Gasteiger partial charge in [-0.25, -0.2) is 0 Å². The fourth-order valence-corrected chi connectivity index (χ4v) is 3.00. The lowest BCUT2D eigenvalue weighted by Crippen LogP contribution is -2.38. The highest BCUT2D eigenvalue weighted by atomic mass is 16.7. The third kappa shape index (κ3) is 3.75. The largest absolute Gasteiger partial charge is 0.493 e. The molecule has 146 valence electrons. The van der Waals surface area contributed by atoms with Gasteiger partial charge in [-0.2, -0.15) is 4.99 Å². The van der Waals surface area contributed by atoms with E-state index in [-0.39, 0.29) is 11.4 Å². The van der Waals surface area contributed by atoms with Crippen molar-refractivity contribution in [2.45, 2.75) is 13.5 Å². The van der Waals surface area contributed by atoms with Gasteiger partial charge in [0.2, 0.25) is 0 Å². The molecule has 1 N–H and O–H groups in total. The summed E-state index contributed by atoms with van der Waals surface area (Å²) >= 11 is 0. The van der Waals surface area contributed by atoms with Crippen molar-refractivity contribution in [3.63, 3.8) is 0 Å². The number of carbonyl (C=O) groups is 1. The predicted molar refractivity (Wildman–Crippen MR) is 109 cm³/mol. The van der Waals surface area contributed by atoms with Crippen LogP contribution in [-0.4, -0.2) is 29.8 Å². The summed E-state index contributed by atoms with van der Waals surface area (Å²) in [7, 11) is 1.55. The second-order valence-electron chi connectivity index (χ2n) is 6.51. The number of amidine groups is 2. The molecule has 7 nitrogen and oxygen atoms in total. The van der Waals surface area contributed by atoms with E-state index in [9.17, 15) is 4.79 Å². The summed E-state index contributed by atoms with van der Waals surface area (Å²) in [5.41, 5.74) is 1.87. The Labute approximate surface area is 168 Å². The van der Waals surface area contributed by atoms with Crippen LogP contribution in [0.4, 0.5) is 0 Å². The minimum atomic E-state index is -0.487. The van der Waals surface area contributed by atoms with Crippen LogP contribution in [-0.2, 0) is 16.2 Å². The molecule has 0 atom stereocenters. The van der Waals surface area contributed by atoms with Crippen LogP contribution in [0.1, 0.15) is 18.1 Å². The topological polar surface area (TPSA) is 84.2 Å². The van der Waals surface area contributed by atoms with Gasteiger partial charge in [0.25, 0.3) is 5.91 Å². The summed E-state index contributed by atoms with van der Waals surface area (Å²) in [5, 5.41) is 9.52. The number of allylic oxidation sites excluding steroid dienone is 1. The first kappa shape index (κ1) is 18.5. The molecule has 2 heterocycles. The van der Waals surface area contributed by atoms with E-state index >= 15 is 0 Å². The molecule has 0 radical (unpaired) electrons. The number of fused-ring (bicyclic) bond motifs is 1. The van der Waals surface area contributed by atoms with Crippen molar-refractivity contribution in [1.82, 2.24) is 5.06 Å². The van der Waals surface area contributed by atoms with Crippen molar-refractivity contribution < 1.29 is 19.1 Å². The van der Waals surface area contributed by atoms with E-state index in [2.05, 4.69) is 4.99 Å². The van der Waals surface area contributed by atoms with Gasteiger partial charge in [0.1, 0.15) is 12.4 Å². The molecule has 29 heavy (non-hydrogen) atoms. The monoisotopic (exact) mass is 389 g/mol. The maximum atomic E-state index is 12.4. The molecular weight excluding hydrogens is 370 g/mol. The van der Waals surface area contributed by atoms with E-state index in [0.29, 0.717) is 35.3 Å². The van der Waals surface area contributed by atoms with Gasteiger partial charge in [-0.15, -0.1) is 5.06 Å². The first-order valence-electron chi connectivity index (χ1n) is 9.00. The van der Waals surface area contributed by atoms with Crippen LogP contribution in [0, 0.1) is 5.41 Å². The van der Waals surface area contributed by atoms with Gasteiger partial charge >= 0.3 is 0 Å². The Hall–Kier alpha value is -3.87. The Bertz CT molecular complexity index is 1070. The van der Waals surface area contributed by atoms with Crippen LogP contribution in [0.3, 0.4) is 0 Å². The van der Waals surface area contributed by atoms with Crippen molar-refractivity contribution in [1.29, 1.82) is 5.41 Å². The molecule has 0 spiro atoms. The van der Waals surface area contributed by atoms with E-state index < -0.39 is 5.91 Å². The first-order valence-corrected chi connectivity index (χ1v) is 9.00. The van der Waals surface area contributed by atoms with Crippen LogP contribution < -0.4 is 9.47 Å². The summed E-state index contributed by atoms with van der Waals surface area (Å²) in [4.78, 5) is 21.8. The molecule has 2 aromatic rings. The summed E-state index contributed by atoms with van der Waals surface area (Å²) in [5.74, 6) is 1.47. The molecule has 0 fully saturated rings. The number of methoxy groups -OCH3 is 1. The normalized spacial score (nSPS) is 16.9. The van der Waals surface area contributed by atoms with E-state index in [0.717, 1.165) is 5.56 Å². The van der Waals surface area contributed by atoms with Crippen molar-refractivity contribution in [3.8, 4) is 11.5 Å². The summed E-state index contributed by atoms with van der Waals surface area (Å²) in [6, 6.07) is 15.2. The smallest absolute Gasteiger partial charge is 0.282 e. The predicted octanol–water partition coefficient (Wildman–Crippen LogP) is 3.72. The Morgan fingerprint density at radius 3 is 2.72 bits per heavy atom. The Morgan fingerprint density at radius 2 is 1.97 bits per heavy atom. The number of nitrogens with one attached hydrogen (secondary N) is 1. The molecule has 7 heteroatoms. The first-order chi connectivity index (χ1) is 14.0. The van der Waals surface area contributed by atoms with E-state index in [1.165, 1.54) is 5.06 Å². The van der Waals surface area contributed by atoms with Gasteiger partial charge in [0, 0.05) is 6.08 Å². The molecule has 4 rings (SSSR count). The second kappa shape index (κ2) is 7.63. The number of ether oxygens (including phenoxy) is 2. The SMILES string of the molecule is COc1cc(/C=C2\C(=N)N3OC(C)=CC3=NC2=O)ccc1OCc1ccccc1. The number of hydroxylamine groups is 2. The van der Waals surface area contributed by atoms with Gasteiger partial charge in [0.05, 0.1) is 12.7 Å². The lowest BCUT2D eigenvalue weighted by atomic mass is 10.1. The molecule has 0 aliphatic carbocycles. The molecule has 0 bridgehead atoms. The average molecular weight is 389 g/mol. The molecule has 2 aliphatic rings. The van der Waals surface area contributed by atoms with Crippen LogP contribution in [0.5, 0.6) is 11.5 Å². The number of hydrogen-bond acceptors (Lipinski definition) is 5. The Kier molecular flexibility index (Phi) is 4.87. The summed E-state index contributed by atoms with van der Waals surface area (Å²) < 4.78 is 11.3. The maximum Gasteiger partial charge on any atom is 0.282 e. The van der Waals surface area contributed by atoms with Gasteiger partial charge in [-0.05, 0) is 36.3 Å². The van der Waals surface area contributed by atoms with Crippen molar-refractivity contribution in [2.75, 3.05) is 7.11 Å². The molecule has 2 aromatic carbocycles. The van der Waals surface area contributed by atoms with Gasteiger partial charge in [0.15, 0.2) is 23.2 Å². The fourth-order valence-electron chi connectivity index (χ4n) is 3.00. The molecule has 1 amide bonds. The highest BCUT2D eigenvalue weighted by molar-refractivity contribution is 6.32. The zero-order valence-corrected chi connectivity index (χ0v) is 16.0. The van der Waals surface area contributed by atoms with Crippen molar-refractivity contribution >= 4 is 23.7 Å². The van der Waals surface area contributed by atoms with Crippen molar-refractivity contribution in [2.24, 2.45) is 4.99 Å². The second-order valence-corrected chi connectivity index (χ2v) is 6.51. The van der Waals surface area contributed by atoms with E-state index in [4.69, 9.17) is 19.7 Å². The van der Waals surface area contributed by atoms with Crippen LogP contribution in [0.25, 0.3) is 6.08 Å². The zero-order chi connectivity index (χ0) is 20.4. The fraction of sp³-hybridized carbons (Fsp3) is 0.136. The van der Waals surface area contributed by atoms with Gasteiger partial charge in [-0.1, -0.05) is 36.4 Å². The number of aliphatic imine (C=N–C) groups is 1. The van der Waals surface area contributed by atoms with E-state index in [1.807, 2.05) is 30.3 Å². The van der Waals surface area contributed by atoms with Gasteiger partial charge < -0.3 is 14.3 Å². The maximum absolute atomic E-state index is 12.4. The van der Waals surface area contributed by atoms with Crippen molar-refractivity contribution in [3.05, 3.63) is 77.1 Å². The minimum absolute atomic E-state index is 0.0588. The standard InChI is InChI=1S/C22H19N3O4/c1-14-10-20-24-22(26)17(21(23)25(20)29-14)11-16-8-9-18(19(12-16)27-2)28-13-15-6-4-3-5-7-15/h3-12,23H,13H2,1-2H3/b17-11+,23-21?. The third-order valence-corrected chi connectivity index (χ3v) is 4.42. The number of hydrogen-bond donors (Lipinski definition) is 1. The van der Waals surface area contributed by atoms with Crippen LogP contribution in [0.2, 0.25) is 0 Å². The number of nitrogens with zero attached hydrogens (tertiary/aromatic N) is 2. The molecule has 0 aromatic heterocycles. The number of amides is 1. The summed E-state index contributed by atoms with van der Waals surface area (Å²) in [6.07, 6.45) is 3.20. The molecule has 0 saturated heterocycles. The summed E-state index contributed by atoms with van der Waals surface area (Å²) in [6.45, 7) is 2.15. The average Bonchev–Trinajstić information content (AvgIpc) is 3.11. The number of benzene rings is 2. The van der Waals surface area contributed by atoms with E-state index in [1.54, 1.807) is 44.4 Å². The quantitative estimate of drug-likeness (QED) is 0.788. The Morgan fingerprint density at radius 1 is 1.17 bits per heavy atom.